The van der Waals surface area contributed by atoms with Gasteiger partial charge in [0, 0.05) is 11.8 Å². The molecule has 1 aromatic carbocycles. The normalized spacial score (nSPS) is 10.7. The summed E-state index contributed by atoms with van der Waals surface area (Å²) < 4.78 is 23.1. The molecule has 118 valence electrons. The van der Waals surface area contributed by atoms with Crippen LogP contribution in [-0.2, 0) is 4.79 Å². The maximum absolute atomic E-state index is 12.8. The fourth-order valence-electron chi connectivity index (χ4n) is 1.70. The lowest BCUT2D eigenvalue weighted by Gasteiger charge is -2.03. The number of carbonyl (C=O) groups is 1. The van der Waals surface area contributed by atoms with Gasteiger partial charge < -0.3 is 14.3 Å². The number of hydrogen-bond acceptors (Lipinski definition) is 7. The zero-order valence-electron chi connectivity index (χ0n) is 11.9. The van der Waals surface area contributed by atoms with Gasteiger partial charge in [0.15, 0.2) is 5.69 Å². The number of aryl methyl sites for hydroxylation is 1. The summed E-state index contributed by atoms with van der Waals surface area (Å²) in [5, 5.41) is 14.3. The molecule has 1 amide bonds. The number of carbonyl (C=O) groups excluding carboxylic acids is 1. The van der Waals surface area contributed by atoms with Crippen molar-refractivity contribution >= 4 is 23.4 Å². The molecule has 23 heavy (non-hydrogen) atoms. The SMILES string of the molecule is Cc1cc(-c2nnc(SCC(=O)Nc3ccc(F)cc3)o2)no1. The number of halogens is 1. The van der Waals surface area contributed by atoms with Crippen molar-refractivity contribution in [2.75, 3.05) is 11.1 Å². The zero-order valence-corrected chi connectivity index (χ0v) is 12.8. The van der Waals surface area contributed by atoms with Crippen molar-refractivity contribution < 1.29 is 18.1 Å². The van der Waals surface area contributed by atoms with E-state index in [1.165, 1.54) is 24.3 Å². The molecule has 0 aliphatic heterocycles. The van der Waals surface area contributed by atoms with E-state index in [2.05, 4.69) is 20.7 Å². The molecule has 2 heterocycles. The average Bonchev–Trinajstić information content (AvgIpc) is 3.16. The summed E-state index contributed by atoms with van der Waals surface area (Å²) in [6, 6.07) is 7.17. The molecule has 0 atom stereocenters. The first kappa shape index (κ1) is 15.2. The number of nitrogens with one attached hydrogen (secondary N) is 1. The van der Waals surface area contributed by atoms with Gasteiger partial charge >= 0.3 is 0 Å². The minimum Gasteiger partial charge on any atom is -0.409 e. The highest BCUT2D eigenvalue weighted by Gasteiger charge is 2.14. The van der Waals surface area contributed by atoms with E-state index in [1.807, 2.05) is 0 Å². The van der Waals surface area contributed by atoms with Crippen LogP contribution in [0.1, 0.15) is 5.76 Å². The number of nitrogens with zero attached hydrogens (tertiary/aromatic N) is 3. The standard InChI is InChI=1S/C14H11FN4O3S/c1-8-6-11(19-22-8)13-17-18-14(21-13)23-7-12(20)16-10-4-2-9(15)3-5-10/h2-6H,7H2,1H3,(H,16,20). The van der Waals surface area contributed by atoms with Crippen molar-refractivity contribution in [1.29, 1.82) is 0 Å². The van der Waals surface area contributed by atoms with E-state index in [0.29, 0.717) is 17.1 Å². The van der Waals surface area contributed by atoms with E-state index in [-0.39, 0.29) is 28.6 Å². The monoisotopic (exact) mass is 334 g/mol. The lowest BCUT2D eigenvalue weighted by molar-refractivity contribution is -0.113. The van der Waals surface area contributed by atoms with E-state index in [9.17, 15) is 9.18 Å². The van der Waals surface area contributed by atoms with Crippen LogP contribution < -0.4 is 5.32 Å². The summed E-state index contributed by atoms with van der Waals surface area (Å²) in [6.45, 7) is 1.75. The van der Waals surface area contributed by atoms with Crippen LogP contribution in [0.5, 0.6) is 0 Å². The number of amides is 1. The fourth-order valence-corrected chi connectivity index (χ4v) is 2.26. The number of rotatable bonds is 5. The summed E-state index contributed by atoms with van der Waals surface area (Å²) >= 11 is 1.09. The fraction of sp³-hybridized carbons (Fsp3) is 0.143. The third-order valence-corrected chi connectivity index (χ3v) is 3.53. The van der Waals surface area contributed by atoms with Gasteiger partial charge in [-0.25, -0.2) is 4.39 Å². The first-order chi connectivity index (χ1) is 11.1. The first-order valence-corrected chi connectivity index (χ1v) is 7.54. The predicted molar refractivity (Wildman–Crippen MR) is 80.3 cm³/mol. The van der Waals surface area contributed by atoms with Crippen molar-refractivity contribution in [3.8, 4) is 11.6 Å². The van der Waals surface area contributed by atoms with Gasteiger partial charge in [-0.15, -0.1) is 10.2 Å². The van der Waals surface area contributed by atoms with Crippen molar-refractivity contribution in [1.82, 2.24) is 15.4 Å². The molecule has 0 fully saturated rings. The summed E-state index contributed by atoms with van der Waals surface area (Å²) in [5.74, 6) is 0.309. The predicted octanol–water partition coefficient (Wildman–Crippen LogP) is 2.90. The van der Waals surface area contributed by atoms with Gasteiger partial charge in [-0.1, -0.05) is 16.9 Å². The highest BCUT2D eigenvalue weighted by Crippen LogP contribution is 2.23. The van der Waals surface area contributed by atoms with Crippen LogP contribution in [0.15, 0.2) is 44.5 Å². The van der Waals surface area contributed by atoms with Crippen molar-refractivity contribution in [3.63, 3.8) is 0 Å². The Labute approximate surface area is 134 Å². The summed E-state index contributed by atoms with van der Waals surface area (Å²) in [4.78, 5) is 11.8. The smallest absolute Gasteiger partial charge is 0.277 e. The molecule has 0 saturated carbocycles. The quantitative estimate of drug-likeness (QED) is 0.717. The number of aromatic nitrogens is 3. The maximum Gasteiger partial charge on any atom is 0.277 e. The molecule has 0 radical (unpaired) electrons. The maximum atomic E-state index is 12.8. The van der Waals surface area contributed by atoms with Crippen molar-refractivity contribution in [2.45, 2.75) is 12.1 Å². The molecule has 2 aromatic heterocycles. The Balaban J connectivity index is 1.55. The van der Waals surface area contributed by atoms with Gasteiger partial charge in [0.05, 0.1) is 5.75 Å². The van der Waals surface area contributed by atoms with Crippen LogP contribution in [0.3, 0.4) is 0 Å². The number of hydrogen-bond donors (Lipinski definition) is 1. The Hall–Kier alpha value is -2.68. The third-order valence-electron chi connectivity index (χ3n) is 2.71. The summed E-state index contributed by atoms with van der Waals surface area (Å²) in [6.07, 6.45) is 0. The highest BCUT2D eigenvalue weighted by atomic mass is 32.2. The van der Waals surface area contributed by atoms with Crippen LogP contribution in [0, 0.1) is 12.7 Å². The van der Waals surface area contributed by atoms with E-state index in [1.54, 1.807) is 13.0 Å². The molecule has 0 saturated heterocycles. The molecule has 0 spiro atoms. The second-order valence-corrected chi connectivity index (χ2v) is 5.47. The van der Waals surface area contributed by atoms with Gasteiger partial charge in [0.25, 0.3) is 11.1 Å². The number of benzene rings is 1. The van der Waals surface area contributed by atoms with Crippen LogP contribution in [0.25, 0.3) is 11.6 Å². The van der Waals surface area contributed by atoms with E-state index >= 15 is 0 Å². The molecule has 0 unspecified atom stereocenters. The summed E-state index contributed by atoms with van der Waals surface area (Å²) in [7, 11) is 0. The molecule has 0 aliphatic carbocycles. The molecular weight excluding hydrogens is 323 g/mol. The molecular formula is C14H11FN4O3S. The molecule has 9 heteroatoms. The topological polar surface area (TPSA) is 94.1 Å². The van der Waals surface area contributed by atoms with Gasteiger partial charge in [0.2, 0.25) is 5.91 Å². The van der Waals surface area contributed by atoms with Crippen LogP contribution in [-0.4, -0.2) is 27.0 Å². The Kier molecular flexibility index (Phi) is 4.38. The highest BCUT2D eigenvalue weighted by molar-refractivity contribution is 7.99. The molecule has 0 aliphatic rings. The Morgan fingerprint density at radius 1 is 1.30 bits per heavy atom. The molecule has 1 N–H and O–H groups in total. The van der Waals surface area contributed by atoms with E-state index in [0.717, 1.165) is 11.8 Å². The minimum absolute atomic E-state index is 0.0802. The lowest BCUT2D eigenvalue weighted by atomic mass is 10.3. The molecule has 3 rings (SSSR count). The molecule has 3 aromatic rings. The Bertz CT molecular complexity index is 816. The van der Waals surface area contributed by atoms with Gasteiger partial charge in [-0.05, 0) is 31.2 Å². The van der Waals surface area contributed by atoms with E-state index in [4.69, 9.17) is 8.94 Å². The average molecular weight is 334 g/mol. The second kappa shape index (κ2) is 6.61. The Morgan fingerprint density at radius 2 is 2.09 bits per heavy atom. The first-order valence-electron chi connectivity index (χ1n) is 6.55. The van der Waals surface area contributed by atoms with Gasteiger partial charge in [0.1, 0.15) is 11.6 Å². The van der Waals surface area contributed by atoms with Gasteiger partial charge in [-0.2, -0.15) is 0 Å². The number of anilines is 1. The second-order valence-electron chi connectivity index (χ2n) is 4.54. The molecule has 0 bridgehead atoms. The van der Waals surface area contributed by atoms with Crippen LogP contribution in [0.4, 0.5) is 10.1 Å². The van der Waals surface area contributed by atoms with Crippen LogP contribution in [0.2, 0.25) is 0 Å². The third kappa shape index (κ3) is 3.95. The Morgan fingerprint density at radius 3 is 2.78 bits per heavy atom. The summed E-state index contributed by atoms with van der Waals surface area (Å²) in [5.41, 5.74) is 0.957. The zero-order chi connectivity index (χ0) is 16.2. The molecule has 7 nitrogen and oxygen atoms in total. The van der Waals surface area contributed by atoms with Crippen molar-refractivity contribution in [3.05, 3.63) is 41.9 Å². The van der Waals surface area contributed by atoms with Crippen LogP contribution >= 0.6 is 11.8 Å². The van der Waals surface area contributed by atoms with E-state index < -0.39 is 0 Å². The largest absolute Gasteiger partial charge is 0.409 e. The van der Waals surface area contributed by atoms with Gasteiger partial charge in [-0.3, -0.25) is 4.79 Å². The lowest BCUT2D eigenvalue weighted by Crippen LogP contribution is -2.13. The minimum atomic E-state index is -0.362. The van der Waals surface area contributed by atoms with Crippen molar-refractivity contribution in [2.24, 2.45) is 0 Å². The number of thioether (sulfide) groups is 1.